The maximum Gasteiger partial charge on any atom is 0.195 e. The Labute approximate surface area is 81.1 Å². The fourth-order valence-electron chi connectivity index (χ4n) is 1.13. The number of aryl methyl sites for hydroxylation is 1. The van der Waals surface area contributed by atoms with Crippen LogP contribution in [0.25, 0.3) is 11.6 Å². The Bertz CT molecular complexity index is 421. The predicted molar refractivity (Wildman–Crippen MR) is 50.2 cm³/mol. The lowest BCUT2D eigenvalue weighted by Gasteiger charge is -2.00. The third-order valence-corrected chi connectivity index (χ3v) is 1.91. The molecule has 0 saturated carbocycles. The summed E-state index contributed by atoms with van der Waals surface area (Å²) in [5.74, 6) is 1.28. The van der Waals surface area contributed by atoms with Crippen LogP contribution in [0, 0.1) is 0 Å². The van der Waals surface area contributed by atoms with E-state index in [0.29, 0.717) is 11.4 Å². The molecular weight excluding hydrogens is 180 g/mol. The third kappa shape index (κ3) is 1.49. The zero-order valence-electron chi connectivity index (χ0n) is 7.75. The largest absolute Gasteiger partial charge is 0.392 e. The van der Waals surface area contributed by atoms with Crippen LogP contribution in [0.3, 0.4) is 0 Å². The van der Waals surface area contributed by atoms with E-state index in [4.69, 9.17) is 5.11 Å². The van der Waals surface area contributed by atoms with Crippen molar-refractivity contribution in [2.24, 2.45) is 7.05 Å². The lowest BCUT2D eigenvalue weighted by Crippen LogP contribution is -1.97. The van der Waals surface area contributed by atoms with Gasteiger partial charge < -0.3 is 9.67 Å². The molecule has 0 amide bonds. The van der Waals surface area contributed by atoms with Gasteiger partial charge in [0.2, 0.25) is 0 Å². The average molecular weight is 190 g/mol. The van der Waals surface area contributed by atoms with Crippen LogP contribution in [0.15, 0.2) is 24.8 Å². The van der Waals surface area contributed by atoms with Crippen LogP contribution in [-0.2, 0) is 13.7 Å². The fraction of sp³-hybridized carbons (Fsp3) is 0.222. The highest BCUT2D eigenvalue weighted by Crippen LogP contribution is 2.10. The van der Waals surface area contributed by atoms with Crippen molar-refractivity contribution in [1.29, 1.82) is 0 Å². The molecule has 2 aromatic heterocycles. The van der Waals surface area contributed by atoms with Crippen molar-refractivity contribution >= 4 is 0 Å². The standard InChI is InChI=1S/C9H10N4O/c1-13-3-2-10-9(13)8-11-4-7(6-14)5-12-8/h2-5,14H,6H2,1H3. The van der Waals surface area contributed by atoms with Crippen molar-refractivity contribution in [3.8, 4) is 11.6 Å². The summed E-state index contributed by atoms with van der Waals surface area (Å²) in [4.78, 5) is 12.3. The summed E-state index contributed by atoms with van der Waals surface area (Å²) >= 11 is 0. The minimum atomic E-state index is -0.0408. The molecule has 0 atom stereocenters. The first-order valence-corrected chi connectivity index (χ1v) is 4.20. The molecule has 72 valence electrons. The van der Waals surface area contributed by atoms with Gasteiger partial charge in [-0.1, -0.05) is 0 Å². The van der Waals surface area contributed by atoms with Gasteiger partial charge in [-0.3, -0.25) is 0 Å². The molecule has 2 aromatic rings. The van der Waals surface area contributed by atoms with Gasteiger partial charge in [0.15, 0.2) is 11.6 Å². The van der Waals surface area contributed by atoms with Gasteiger partial charge in [0, 0.05) is 37.4 Å². The highest BCUT2D eigenvalue weighted by molar-refractivity contribution is 5.42. The molecule has 2 heterocycles. The van der Waals surface area contributed by atoms with E-state index in [1.54, 1.807) is 18.6 Å². The van der Waals surface area contributed by atoms with Crippen LogP contribution in [0.2, 0.25) is 0 Å². The molecule has 5 heteroatoms. The Kier molecular flexibility index (Phi) is 2.24. The van der Waals surface area contributed by atoms with Crippen molar-refractivity contribution in [3.05, 3.63) is 30.4 Å². The third-order valence-electron chi connectivity index (χ3n) is 1.91. The Morgan fingerprint density at radius 2 is 2.00 bits per heavy atom. The molecule has 0 fully saturated rings. The van der Waals surface area contributed by atoms with Gasteiger partial charge in [-0.15, -0.1) is 0 Å². The summed E-state index contributed by atoms with van der Waals surface area (Å²) in [5, 5.41) is 8.81. The molecule has 2 rings (SSSR count). The number of imidazole rings is 1. The van der Waals surface area contributed by atoms with Crippen molar-refractivity contribution in [3.63, 3.8) is 0 Å². The number of nitrogens with zero attached hydrogens (tertiary/aromatic N) is 4. The SMILES string of the molecule is Cn1ccnc1-c1ncc(CO)cn1. The van der Waals surface area contributed by atoms with Crippen LogP contribution in [0.1, 0.15) is 5.56 Å². The average Bonchev–Trinajstić information content (AvgIpc) is 2.65. The summed E-state index contributed by atoms with van der Waals surface area (Å²) in [5.41, 5.74) is 0.697. The molecule has 0 aliphatic carbocycles. The monoisotopic (exact) mass is 190 g/mol. The highest BCUT2D eigenvalue weighted by atomic mass is 16.3. The van der Waals surface area contributed by atoms with Crippen molar-refractivity contribution in [2.75, 3.05) is 0 Å². The van der Waals surface area contributed by atoms with Gasteiger partial charge in [-0.05, 0) is 0 Å². The molecule has 0 aliphatic rings. The Morgan fingerprint density at radius 3 is 2.50 bits per heavy atom. The predicted octanol–water partition coefficient (Wildman–Crippen LogP) is 0.369. The second kappa shape index (κ2) is 3.55. The topological polar surface area (TPSA) is 63.8 Å². The van der Waals surface area contributed by atoms with Gasteiger partial charge in [0.1, 0.15) is 0 Å². The second-order valence-electron chi connectivity index (χ2n) is 2.93. The number of aliphatic hydroxyl groups is 1. The first kappa shape index (κ1) is 8.83. The van der Waals surface area contributed by atoms with E-state index >= 15 is 0 Å². The molecule has 0 saturated heterocycles. The summed E-state index contributed by atoms with van der Waals surface area (Å²) in [7, 11) is 1.88. The summed E-state index contributed by atoms with van der Waals surface area (Å²) < 4.78 is 1.84. The molecule has 0 unspecified atom stereocenters. The molecule has 0 radical (unpaired) electrons. The number of hydrogen-bond donors (Lipinski definition) is 1. The Morgan fingerprint density at radius 1 is 1.29 bits per heavy atom. The molecule has 0 bridgehead atoms. The maximum atomic E-state index is 8.81. The molecule has 1 N–H and O–H groups in total. The van der Waals surface area contributed by atoms with E-state index in [9.17, 15) is 0 Å². The van der Waals surface area contributed by atoms with E-state index in [-0.39, 0.29) is 6.61 Å². The van der Waals surface area contributed by atoms with Gasteiger partial charge in [0.25, 0.3) is 0 Å². The van der Waals surface area contributed by atoms with Crippen LogP contribution in [0.5, 0.6) is 0 Å². The maximum absolute atomic E-state index is 8.81. The lowest BCUT2D eigenvalue weighted by atomic mass is 10.3. The fourth-order valence-corrected chi connectivity index (χ4v) is 1.13. The second-order valence-corrected chi connectivity index (χ2v) is 2.93. The lowest BCUT2D eigenvalue weighted by molar-refractivity contribution is 0.281. The number of aromatic nitrogens is 4. The van der Waals surface area contributed by atoms with Gasteiger partial charge in [-0.2, -0.15) is 0 Å². The molecule has 0 aliphatic heterocycles. The molecule has 0 aromatic carbocycles. The number of hydrogen-bond acceptors (Lipinski definition) is 4. The highest BCUT2D eigenvalue weighted by Gasteiger charge is 2.05. The van der Waals surface area contributed by atoms with Crippen LogP contribution < -0.4 is 0 Å². The summed E-state index contributed by atoms with van der Waals surface area (Å²) in [6.07, 6.45) is 6.71. The quantitative estimate of drug-likeness (QED) is 0.743. The minimum absolute atomic E-state index is 0.0408. The van der Waals surface area contributed by atoms with Crippen molar-refractivity contribution < 1.29 is 5.11 Å². The zero-order valence-corrected chi connectivity index (χ0v) is 7.75. The van der Waals surface area contributed by atoms with Gasteiger partial charge in [-0.25, -0.2) is 15.0 Å². The first-order valence-electron chi connectivity index (χ1n) is 4.20. The first-order chi connectivity index (χ1) is 6.81. The summed E-state index contributed by atoms with van der Waals surface area (Å²) in [6, 6.07) is 0. The Balaban J connectivity index is 2.39. The molecule has 0 spiro atoms. The number of aliphatic hydroxyl groups excluding tert-OH is 1. The zero-order chi connectivity index (χ0) is 9.97. The molecule has 14 heavy (non-hydrogen) atoms. The Hall–Kier alpha value is -1.75. The van der Waals surface area contributed by atoms with Crippen LogP contribution in [-0.4, -0.2) is 24.6 Å². The minimum Gasteiger partial charge on any atom is -0.392 e. The summed E-state index contributed by atoms with van der Waals surface area (Å²) in [6.45, 7) is -0.0408. The van der Waals surface area contributed by atoms with Crippen molar-refractivity contribution in [2.45, 2.75) is 6.61 Å². The molecular formula is C9H10N4O. The van der Waals surface area contributed by atoms with E-state index in [0.717, 1.165) is 5.82 Å². The van der Waals surface area contributed by atoms with Crippen LogP contribution in [0.4, 0.5) is 0 Å². The van der Waals surface area contributed by atoms with E-state index < -0.39 is 0 Å². The van der Waals surface area contributed by atoms with E-state index in [2.05, 4.69) is 15.0 Å². The van der Waals surface area contributed by atoms with Gasteiger partial charge in [0.05, 0.1) is 6.61 Å². The number of rotatable bonds is 2. The smallest absolute Gasteiger partial charge is 0.195 e. The van der Waals surface area contributed by atoms with Gasteiger partial charge >= 0.3 is 0 Å². The molecule has 5 nitrogen and oxygen atoms in total. The normalized spacial score (nSPS) is 10.4. The van der Waals surface area contributed by atoms with E-state index in [1.165, 1.54) is 0 Å². The van der Waals surface area contributed by atoms with Crippen LogP contribution >= 0.6 is 0 Å². The van der Waals surface area contributed by atoms with Crippen molar-refractivity contribution in [1.82, 2.24) is 19.5 Å². The van der Waals surface area contributed by atoms with E-state index in [1.807, 2.05) is 17.8 Å².